The topological polar surface area (TPSA) is 77.0 Å². The minimum Gasteiger partial charge on any atom is -0.368 e. The highest BCUT2D eigenvalue weighted by Crippen LogP contribution is 2.35. The number of piperazine rings is 1. The number of anilines is 2. The molecule has 0 bridgehead atoms. The van der Waals surface area contributed by atoms with Gasteiger partial charge in [0.15, 0.2) is 0 Å². The first-order valence-corrected chi connectivity index (χ1v) is 13.4. The molecule has 3 heterocycles. The molecule has 0 aromatic heterocycles. The summed E-state index contributed by atoms with van der Waals surface area (Å²) in [6.45, 7) is 7.34. The summed E-state index contributed by atoms with van der Waals surface area (Å²) in [5.74, 6) is -0.0604. The minimum absolute atomic E-state index is 0.0432. The van der Waals surface area contributed by atoms with Crippen molar-refractivity contribution in [3.63, 3.8) is 0 Å². The average molecular weight is 506 g/mol. The van der Waals surface area contributed by atoms with E-state index in [0.29, 0.717) is 16.6 Å². The van der Waals surface area contributed by atoms with E-state index in [9.17, 15) is 9.59 Å². The Morgan fingerprint density at radius 3 is 2.69 bits per heavy atom. The maximum Gasteiger partial charge on any atom is 0.251 e. The predicted molar refractivity (Wildman–Crippen MR) is 143 cm³/mol. The van der Waals surface area contributed by atoms with Crippen molar-refractivity contribution in [3.05, 3.63) is 57.6 Å². The van der Waals surface area contributed by atoms with Crippen LogP contribution in [-0.4, -0.2) is 61.2 Å². The molecule has 0 radical (unpaired) electrons. The highest BCUT2D eigenvalue weighted by atomic mass is 35.5. The first kappa shape index (κ1) is 23.5. The summed E-state index contributed by atoms with van der Waals surface area (Å²) in [6, 6.07) is 10.3. The molecule has 4 aliphatic rings. The van der Waals surface area contributed by atoms with Gasteiger partial charge in [-0.25, -0.2) is 0 Å². The molecule has 2 aromatic rings. The molecule has 1 unspecified atom stereocenters. The minimum atomic E-state index is -0.0997. The van der Waals surface area contributed by atoms with Crippen LogP contribution in [0.1, 0.15) is 52.7 Å². The number of halogens is 1. The van der Waals surface area contributed by atoms with Crippen molar-refractivity contribution in [2.45, 2.75) is 45.2 Å². The van der Waals surface area contributed by atoms with Gasteiger partial charge in [-0.15, -0.1) is 0 Å². The molecule has 2 amide bonds. The number of carbonyl (C=O) groups is 2. The fourth-order valence-corrected chi connectivity index (χ4v) is 5.97. The maximum atomic E-state index is 12.7. The zero-order chi connectivity index (χ0) is 24.8. The van der Waals surface area contributed by atoms with Crippen molar-refractivity contribution >= 4 is 40.5 Å². The number of fused-ring (bicyclic) bond motifs is 3. The Hall–Kier alpha value is -2.90. The number of aryl methyl sites for hydroxylation is 1. The normalized spacial score (nSPS) is 21.8. The smallest absolute Gasteiger partial charge is 0.251 e. The van der Waals surface area contributed by atoms with Gasteiger partial charge >= 0.3 is 0 Å². The van der Waals surface area contributed by atoms with E-state index >= 15 is 0 Å². The van der Waals surface area contributed by atoms with Crippen molar-refractivity contribution in [1.29, 1.82) is 0 Å². The van der Waals surface area contributed by atoms with Crippen molar-refractivity contribution < 1.29 is 9.59 Å². The Bertz CT molecular complexity index is 1250. The third kappa shape index (κ3) is 4.62. The number of hydrogen-bond acceptors (Lipinski definition) is 5. The van der Waals surface area contributed by atoms with Gasteiger partial charge in [0.1, 0.15) is 0 Å². The summed E-state index contributed by atoms with van der Waals surface area (Å²) in [7, 11) is 0. The number of benzene rings is 2. The standard InChI is InChI=1S/C28H32ClN5O2/c1-17-13-18(14-23-25(17)26-21(28(36)32-23)3-2-8-30-26)16-33-9-11-34(12-10-33)24-7-4-19(15-22(24)29)27(35)31-20-5-6-20/h4,7,13-15,20-21H,2-3,5-6,8-12,16H2,1H3,(H,31,35)(H,32,36). The summed E-state index contributed by atoms with van der Waals surface area (Å²) in [5, 5.41) is 6.79. The lowest BCUT2D eigenvalue weighted by atomic mass is 9.83. The van der Waals surface area contributed by atoms with Crippen LogP contribution in [0.15, 0.2) is 35.3 Å². The molecular formula is C28H32ClN5O2. The second kappa shape index (κ2) is 9.52. The summed E-state index contributed by atoms with van der Waals surface area (Å²) in [4.78, 5) is 34.5. The summed E-state index contributed by atoms with van der Waals surface area (Å²) in [5.41, 5.74) is 7.00. The van der Waals surface area contributed by atoms with Gasteiger partial charge in [0.25, 0.3) is 5.91 Å². The molecule has 36 heavy (non-hydrogen) atoms. The predicted octanol–water partition coefficient (Wildman–Crippen LogP) is 4.01. The Morgan fingerprint density at radius 1 is 1.14 bits per heavy atom. The maximum absolute atomic E-state index is 12.7. The number of nitrogens with zero attached hydrogens (tertiary/aromatic N) is 3. The first-order chi connectivity index (χ1) is 17.5. The second-order valence-electron chi connectivity index (χ2n) is 10.5. The van der Waals surface area contributed by atoms with Gasteiger partial charge in [-0.05, 0) is 68.0 Å². The molecule has 8 heteroatoms. The van der Waals surface area contributed by atoms with E-state index in [1.807, 2.05) is 12.1 Å². The number of aliphatic imine (C=N–C) groups is 1. The summed E-state index contributed by atoms with van der Waals surface area (Å²) in [6.07, 6.45) is 4.00. The molecule has 0 spiro atoms. The Labute approximate surface area is 216 Å². The largest absolute Gasteiger partial charge is 0.368 e. The van der Waals surface area contributed by atoms with Crippen LogP contribution < -0.4 is 15.5 Å². The van der Waals surface area contributed by atoms with Crippen LogP contribution in [-0.2, 0) is 11.3 Å². The van der Waals surface area contributed by atoms with E-state index in [2.05, 4.69) is 39.5 Å². The molecule has 188 valence electrons. The van der Waals surface area contributed by atoms with E-state index in [1.165, 1.54) is 11.1 Å². The molecule has 1 aliphatic carbocycles. The van der Waals surface area contributed by atoms with Crippen molar-refractivity contribution in [1.82, 2.24) is 10.2 Å². The number of rotatable bonds is 5. The molecule has 2 aromatic carbocycles. The second-order valence-corrected chi connectivity index (χ2v) is 10.9. The van der Waals surface area contributed by atoms with Gasteiger partial charge in [0.2, 0.25) is 5.91 Å². The highest BCUT2D eigenvalue weighted by molar-refractivity contribution is 6.33. The molecular weight excluding hydrogens is 474 g/mol. The van der Waals surface area contributed by atoms with E-state index in [0.717, 1.165) is 87.6 Å². The zero-order valence-electron chi connectivity index (χ0n) is 20.6. The first-order valence-electron chi connectivity index (χ1n) is 13.0. The molecule has 2 N–H and O–H groups in total. The Morgan fingerprint density at radius 2 is 1.94 bits per heavy atom. The van der Waals surface area contributed by atoms with E-state index in [4.69, 9.17) is 16.6 Å². The van der Waals surface area contributed by atoms with Gasteiger partial charge in [0.05, 0.1) is 28.0 Å². The van der Waals surface area contributed by atoms with Gasteiger partial charge in [-0.1, -0.05) is 17.7 Å². The average Bonchev–Trinajstić information content (AvgIpc) is 3.68. The summed E-state index contributed by atoms with van der Waals surface area (Å²) >= 11 is 6.59. The van der Waals surface area contributed by atoms with Gasteiger partial charge in [-0.2, -0.15) is 0 Å². The summed E-state index contributed by atoms with van der Waals surface area (Å²) < 4.78 is 0. The van der Waals surface area contributed by atoms with E-state index in [-0.39, 0.29) is 17.7 Å². The Kier molecular flexibility index (Phi) is 6.21. The fourth-order valence-electron chi connectivity index (χ4n) is 5.67. The number of amides is 2. The van der Waals surface area contributed by atoms with Crippen molar-refractivity contribution in [2.75, 3.05) is 42.9 Å². The van der Waals surface area contributed by atoms with Crippen LogP contribution in [0.2, 0.25) is 5.02 Å². The number of carbonyl (C=O) groups excluding carboxylic acids is 2. The van der Waals surface area contributed by atoms with Crippen molar-refractivity contribution in [2.24, 2.45) is 10.9 Å². The molecule has 1 saturated heterocycles. The third-order valence-electron chi connectivity index (χ3n) is 7.73. The Balaban J connectivity index is 1.11. The molecule has 1 atom stereocenters. The third-order valence-corrected chi connectivity index (χ3v) is 8.03. The van der Waals surface area contributed by atoms with E-state index < -0.39 is 0 Å². The fraction of sp³-hybridized carbons (Fsp3) is 0.464. The van der Waals surface area contributed by atoms with Crippen LogP contribution >= 0.6 is 11.6 Å². The van der Waals surface area contributed by atoms with Crippen LogP contribution in [0.25, 0.3) is 0 Å². The SMILES string of the molecule is Cc1cc(CN2CCN(c3ccc(C(=O)NC4CC4)cc3Cl)CC2)cc2c1C1=NCCCC1C(=O)N2. The lowest BCUT2D eigenvalue weighted by Crippen LogP contribution is -2.46. The number of hydrogen-bond donors (Lipinski definition) is 2. The molecule has 1 saturated carbocycles. The van der Waals surface area contributed by atoms with Crippen molar-refractivity contribution in [3.8, 4) is 0 Å². The quantitative estimate of drug-likeness (QED) is 0.643. The lowest BCUT2D eigenvalue weighted by Gasteiger charge is -2.37. The van der Waals surface area contributed by atoms with Crippen LogP contribution in [0, 0.1) is 12.8 Å². The molecule has 6 rings (SSSR count). The van der Waals surface area contributed by atoms with Crippen LogP contribution in [0.5, 0.6) is 0 Å². The zero-order valence-corrected chi connectivity index (χ0v) is 21.4. The van der Waals surface area contributed by atoms with Gasteiger partial charge in [0, 0.05) is 56.4 Å². The lowest BCUT2D eigenvalue weighted by molar-refractivity contribution is -0.118. The monoisotopic (exact) mass is 505 g/mol. The molecule has 2 fully saturated rings. The van der Waals surface area contributed by atoms with Gasteiger partial charge < -0.3 is 15.5 Å². The number of nitrogens with one attached hydrogen (secondary N) is 2. The highest BCUT2D eigenvalue weighted by Gasteiger charge is 2.35. The molecule has 3 aliphatic heterocycles. The van der Waals surface area contributed by atoms with Crippen LogP contribution in [0.3, 0.4) is 0 Å². The van der Waals surface area contributed by atoms with E-state index in [1.54, 1.807) is 6.07 Å². The van der Waals surface area contributed by atoms with Gasteiger partial charge in [-0.3, -0.25) is 19.5 Å². The molecule has 7 nitrogen and oxygen atoms in total. The van der Waals surface area contributed by atoms with Crippen LogP contribution in [0.4, 0.5) is 11.4 Å².